The summed E-state index contributed by atoms with van der Waals surface area (Å²) < 4.78 is 21.1. The topological polar surface area (TPSA) is 52.6 Å². The number of carbonyl (C=O) groups is 1. The van der Waals surface area contributed by atoms with Crippen molar-refractivity contribution in [3.63, 3.8) is 0 Å². The standard InChI is InChI=1S/C10H18ClO4P/c1-8(5-6-9(2)11)10(12)7-16(13,14-3)15-4/h6,8H,5,7H2,1-4H3/b9-6-. The maximum Gasteiger partial charge on any atom is 0.337 e. The Kier molecular flexibility index (Phi) is 7.16. The molecule has 0 spiro atoms. The molecule has 0 aromatic heterocycles. The fraction of sp³-hybridized carbons (Fsp3) is 0.700. The maximum atomic E-state index is 11.7. The van der Waals surface area contributed by atoms with Gasteiger partial charge in [0.1, 0.15) is 11.9 Å². The van der Waals surface area contributed by atoms with Crippen molar-refractivity contribution < 1.29 is 18.4 Å². The third kappa shape index (κ3) is 5.80. The van der Waals surface area contributed by atoms with E-state index in [0.29, 0.717) is 11.5 Å². The van der Waals surface area contributed by atoms with Crippen LogP contribution in [-0.4, -0.2) is 26.2 Å². The van der Waals surface area contributed by atoms with Gasteiger partial charge in [0.2, 0.25) is 0 Å². The zero-order valence-electron chi connectivity index (χ0n) is 10.0. The molecular weight excluding hydrogens is 251 g/mol. The average Bonchev–Trinajstić information content (AvgIpc) is 2.25. The zero-order chi connectivity index (χ0) is 12.8. The van der Waals surface area contributed by atoms with Crippen molar-refractivity contribution in [3.8, 4) is 0 Å². The van der Waals surface area contributed by atoms with Gasteiger partial charge in [0.25, 0.3) is 0 Å². The number of carbonyl (C=O) groups excluding carboxylic acids is 1. The van der Waals surface area contributed by atoms with Gasteiger partial charge in [-0.15, -0.1) is 0 Å². The maximum absolute atomic E-state index is 11.7. The van der Waals surface area contributed by atoms with Crippen LogP contribution < -0.4 is 0 Å². The van der Waals surface area contributed by atoms with Gasteiger partial charge in [-0.1, -0.05) is 24.6 Å². The van der Waals surface area contributed by atoms with Gasteiger partial charge in [0, 0.05) is 25.2 Å². The van der Waals surface area contributed by atoms with Crippen molar-refractivity contribution in [2.75, 3.05) is 20.4 Å². The molecule has 0 radical (unpaired) electrons. The van der Waals surface area contributed by atoms with Crippen molar-refractivity contribution in [3.05, 3.63) is 11.1 Å². The SMILES string of the molecule is COP(=O)(CC(=O)C(C)C/C=C(/C)Cl)OC. The number of hydrogen-bond acceptors (Lipinski definition) is 4. The smallest absolute Gasteiger partial charge is 0.312 e. The fourth-order valence-corrected chi connectivity index (χ4v) is 2.21. The Balaban J connectivity index is 4.36. The molecule has 94 valence electrons. The molecule has 0 fully saturated rings. The molecular formula is C10H18ClO4P. The van der Waals surface area contributed by atoms with E-state index in [1.165, 1.54) is 14.2 Å². The van der Waals surface area contributed by atoms with Gasteiger partial charge < -0.3 is 9.05 Å². The Hall–Kier alpha value is -0.150. The van der Waals surface area contributed by atoms with Crippen molar-refractivity contribution >= 4 is 25.0 Å². The van der Waals surface area contributed by atoms with Crippen LogP contribution in [0.3, 0.4) is 0 Å². The van der Waals surface area contributed by atoms with E-state index in [-0.39, 0.29) is 17.9 Å². The van der Waals surface area contributed by atoms with E-state index in [4.69, 9.17) is 20.6 Å². The molecule has 4 nitrogen and oxygen atoms in total. The van der Waals surface area contributed by atoms with Crippen LogP contribution in [-0.2, 0) is 18.4 Å². The minimum absolute atomic E-state index is 0.152. The highest BCUT2D eigenvalue weighted by atomic mass is 35.5. The molecule has 0 aliphatic rings. The lowest BCUT2D eigenvalue weighted by Gasteiger charge is -2.14. The summed E-state index contributed by atoms with van der Waals surface area (Å²) in [4.78, 5) is 11.7. The largest absolute Gasteiger partial charge is 0.337 e. The van der Waals surface area contributed by atoms with E-state index in [2.05, 4.69) is 0 Å². The van der Waals surface area contributed by atoms with E-state index in [1.54, 1.807) is 19.9 Å². The highest BCUT2D eigenvalue weighted by Crippen LogP contribution is 2.46. The van der Waals surface area contributed by atoms with Crippen LogP contribution in [0.15, 0.2) is 11.1 Å². The minimum Gasteiger partial charge on any atom is -0.312 e. The molecule has 1 atom stereocenters. The molecule has 0 aliphatic heterocycles. The van der Waals surface area contributed by atoms with Crippen molar-refractivity contribution in [1.82, 2.24) is 0 Å². The third-order valence-electron chi connectivity index (χ3n) is 2.21. The molecule has 0 bridgehead atoms. The molecule has 0 rings (SSSR count). The first kappa shape index (κ1) is 15.9. The normalized spacial score (nSPS) is 14.9. The Morgan fingerprint density at radius 3 is 2.31 bits per heavy atom. The molecule has 0 heterocycles. The van der Waals surface area contributed by atoms with Gasteiger partial charge in [-0.3, -0.25) is 9.36 Å². The molecule has 0 aromatic rings. The minimum atomic E-state index is -3.24. The number of Topliss-reactive ketones (excluding diaryl/α,β-unsaturated/α-hetero) is 1. The third-order valence-corrected chi connectivity index (χ3v) is 4.17. The van der Waals surface area contributed by atoms with Crippen LogP contribution in [0, 0.1) is 5.92 Å². The van der Waals surface area contributed by atoms with E-state index < -0.39 is 7.60 Å². The van der Waals surface area contributed by atoms with Crippen molar-refractivity contribution in [2.45, 2.75) is 20.3 Å². The Labute approximate surface area is 101 Å². The molecule has 0 N–H and O–H groups in total. The summed E-state index contributed by atoms with van der Waals surface area (Å²) in [6, 6.07) is 0. The van der Waals surface area contributed by atoms with E-state index >= 15 is 0 Å². The first-order valence-electron chi connectivity index (χ1n) is 4.90. The highest BCUT2D eigenvalue weighted by Gasteiger charge is 2.27. The average molecular weight is 269 g/mol. The lowest BCUT2D eigenvalue weighted by Crippen LogP contribution is -2.16. The molecule has 0 amide bonds. The van der Waals surface area contributed by atoms with Gasteiger partial charge in [0.05, 0.1) is 0 Å². The summed E-state index contributed by atoms with van der Waals surface area (Å²) in [6.07, 6.45) is 2.09. The summed E-state index contributed by atoms with van der Waals surface area (Å²) in [7, 11) is -0.704. The van der Waals surface area contributed by atoms with Crippen LogP contribution in [0.2, 0.25) is 0 Å². The Morgan fingerprint density at radius 1 is 1.44 bits per heavy atom. The summed E-state index contributed by atoms with van der Waals surface area (Å²) in [5.74, 6) is -0.395. The predicted molar refractivity (Wildman–Crippen MR) is 64.9 cm³/mol. The summed E-state index contributed by atoms with van der Waals surface area (Å²) in [5.41, 5.74) is 0. The molecule has 0 aliphatic carbocycles. The second kappa shape index (κ2) is 7.23. The lowest BCUT2D eigenvalue weighted by molar-refractivity contribution is -0.120. The van der Waals surface area contributed by atoms with Gasteiger partial charge in [-0.25, -0.2) is 0 Å². The van der Waals surface area contributed by atoms with Gasteiger partial charge in [-0.2, -0.15) is 0 Å². The van der Waals surface area contributed by atoms with E-state index in [9.17, 15) is 9.36 Å². The number of allylic oxidation sites excluding steroid dienone is 2. The van der Waals surface area contributed by atoms with Gasteiger partial charge in [0.15, 0.2) is 0 Å². The lowest BCUT2D eigenvalue weighted by atomic mass is 10.0. The van der Waals surface area contributed by atoms with Crippen molar-refractivity contribution in [2.24, 2.45) is 5.92 Å². The summed E-state index contributed by atoms with van der Waals surface area (Å²) in [6.45, 7) is 3.50. The fourth-order valence-electron chi connectivity index (χ4n) is 1.02. The first-order chi connectivity index (χ1) is 7.34. The van der Waals surface area contributed by atoms with E-state index in [0.717, 1.165) is 0 Å². The molecule has 0 saturated carbocycles. The Bertz CT molecular complexity index is 302. The van der Waals surface area contributed by atoms with Crippen molar-refractivity contribution in [1.29, 1.82) is 0 Å². The highest BCUT2D eigenvalue weighted by molar-refractivity contribution is 7.54. The predicted octanol–water partition coefficient (Wildman–Crippen LogP) is 3.21. The number of hydrogen-bond donors (Lipinski definition) is 0. The van der Waals surface area contributed by atoms with E-state index in [1.807, 2.05) is 0 Å². The van der Waals surface area contributed by atoms with Crippen LogP contribution in [0.4, 0.5) is 0 Å². The molecule has 6 heteroatoms. The van der Waals surface area contributed by atoms with Gasteiger partial charge >= 0.3 is 7.60 Å². The summed E-state index contributed by atoms with van der Waals surface area (Å²) >= 11 is 5.66. The van der Waals surface area contributed by atoms with Crippen LogP contribution in [0.1, 0.15) is 20.3 Å². The second-order valence-electron chi connectivity index (χ2n) is 3.53. The number of ketones is 1. The molecule has 0 saturated heterocycles. The molecule has 0 aromatic carbocycles. The molecule has 16 heavy (non-hydrogen) atoms. The second-order valence-corrected chi connectivity index (χ2v) is 6.39. The quantitative estimate of drug-likeness (QED) is 0.665. The van der Waals surface area contributed by atoms with Crippen LogP contribution >= 0.6 is 19.2 Å². The number of halogens is 1. The summed E-state index contributed by atoms with van der Waals surface area (Å²) in [5, 5.41) is 0.640. The monoisotopic (exact) mass is 268 g/mol. The first-order valence-corrected chi connectivity index (χ1v) is 7.00. The zero-order valence-corrected chi connectivity index (χ0v) is 11.7. The van der Waals surface area contributed by atoms with Gasteiger partial charge in [-0.05, 0) is 13.3 Å². The van der Waals surface area contributed by atoms with Crippen LogP contribution in [0.5, 0.6) is 0 Å². The Morgan fingerprint density at radius 2 is 1.94 bits per heavy atom. The molecule has 1 unspecified atom stereocenters. The van der Waals surface area contributed by atoms with Crippen LogP contribution in [0.25, 0.3) is 0 Å². The number of rotatable bonds is 7.